The molecule has 1 aliphatic heterocycles. The standard InChI is InChI=1S/C12H24N4O2/c1-14-12(18)10-5-4-8-16(9-10)7-3-2-6-11(17)15-13/h10H,2-9,13H2,1H3,(H,14,18)(H,15,17). The van der Waals surface area contributed by atoms with Crippen LogP contribution < -0.4 is 16.6 Å². The van der Waals surface area contributed by atoms with E-state index in [0.717, 1.165) is 45.3 Å². The molecule has 4 N–H and O–H groups in total. The Balaban J connectivity index is 2.18. The van der Waals surface area contributed by atoms with Gasteiger partial charge in [-0.25, -0.2) is 5.84 Å². The van der Waals surface area contributed by atoms with Crippen molar-refractivity contribution in [3.63, 3.8) is 0 Å². The van der Waals surface area contributed by atoms with Gasteiger partial charge in [-0.05, 0) is 38.8 Å². The van der Waals surface area contributed by atoms with Crippen LogP contribution in [0.3, 0.4) is 0 Å². The minimum Gasteiger partial charge on any atom is -0.359 e. The number of likely N-dealkylation sites (tertiary alicyclic amines) is 1. The van der Waals surface area contributed by atoms with Crippen molar-refractivity contribution in [1.82, 2.24) is 15.6 Å². The number of rotatable bonds is 6. The van der Waals surface area contributed by atoms with E-state index in [0.29, 0.717) is 6.42 Å². The van der Waals surface area contributed by atoms with Crippen molar-refractivity contribution in [3.8, 4) is 0 Å². The maximum Gasteiger partial charge on any atom is 0.233 e. The summed E-state index contributed by atoms with van der Waals surface area (Å²) in [6.45, 7) is 2.84. The molecule has 6 nitrogen and oxygen atoms in total. The van der Waals surface area contributed by atoms with Crippen LogP contribution in [0, 0.1) is 5.92 Å². The lowest BCUT2D eigenvalue weighted by Gasteiger charge is -2.31. The van der Waals surface area contributed by atoms with Crippen molar-refractivity contribution in [2.75, 3.05) is 26.7 Å². The number of hydrogen-bond donors (Lipinski definition) is 3. The van der Waals surface area contributed by atoms with Gasteiger partial charge < -0.3 is 10.2 Å². The van der Waals surface area contributed by atoms with Gasteiger partial charge >= 0.3 is 0 Å². The molecule has 6 heteroatoms. The Labute approximate surface area is 108 Å². The largest absolute Gasteiger partial charge is 0.359 e. The van der Waals surface area contributed by atoms with Crippen LogP contribution in [0.2, 0.25) is 0 Å². The summed E-state index contributed by atoms with van der Waals surface area (Å²) in [5.41, 5.74) is 2.13. The lowest BCUT2D eigenvalue weighted by Crippen LogP contribution is -2.42. The van der Waals surface area contributed by atoms with Crippen molar-refractivity contribution >= 4 is 11.8 Å². The fourth-order valence-electron chi connectivity index (χ4n) is 2.37. The quantitative estimate of drug-likeness (QED) is 0.261. The lowest BCUT2D eigenvalue weighted by atomic mass is 9.97. The molecule has 0 spiro atoms. The van der Waals surface area contributed by atoms with E-state index in [-0.39, 0.29) is 17.7 Å². The molecule has 1 unspecified atom stereocenters. The van der Waals surface area contributed by atoms with Crippen LogP contribution in [-0.4, -0.2) is 43.4 Å². The van der Waals surface area contributed by atoms with E-state index in [1.54, 1.807) is 7.05 Å². The SMILES string of the molecule is CNC(=O)C1CCCN(CCCCC(=O)NN)C1. The number of nitrogens with two attached hydrogens (primary N) is 1. The second kappa shape index (κ2) is 8.05. The molecule has 0 aromatic rings. The van der Waals surface area contributed by atoms with E-state index >= 15 is 0 Å². The van der Waals surface area contributed by atoms with Crippen molar-refractivity contribution in [2.45, 2.75) is 32.1 Å². The van der Waals surface area contributed by atoms with Crippen molar-refractivity contribution in [3.05, 3.63) is 0 Å². The summed E-state index contributed by atoms with van der Waals surface area (Å²) in [5.74, 6) is 5.16. The second-order valence-electron chi connectivity index (χ2n) is 4.78. The highest BCUT2D eigenvalue weighted by Crippen LogP contribution is 2.17. The van der Waals surface area contributed by atoms with Crippen LogP contribution in [0.4, 0.5) is 0 Å². The molecule has 1 heterocycles. The molecular weight excluding hydrogens is 232 g/mol. The molecule has 0 aliphatic carbocycles. The molecule has 104 valence electrons. The predicted octanol–water partition coefficient (Wildman–Crippen LogP) is -0.395. The number of carbonyl (C=O) groups is 2. The number of unbranched alkanes of at least 4 members (excludes halogenated alkanes) is 1. The first kappa shape index (κ1) is 14.9. The average Bonchev–Trinajstić information content (AvgIpc) is 2.42. The zero-order chi connectivity index (χ0) is 13.4. The summed E-state index contributed by atoms with van der Waals surface area (Å²) in [7, 11) is 1.69. The van der Waals surface area contributed by atoms with Crippen molar-refractivity contribution in [2.24, 2.45) is 11.8 Å². The monoisotopic (exact) mass is 256 g/mol. The Hall–Kier alpha value is -1.14. The molecule has 0 saturated carbocycles. The lowest BCUT2D eigenvalue weighted by molar-refractivity contribution is -0.126. The highest BCUT2D eigenvalue weighted by Gasteiger charge is 2.24. The van der Waals surface area contributed by atoms with Crippen molar-refractivity contribution in [1.29, 1.82) is 0 Å². The summed E-state index contributed by atoms with van der Waals surface area (Å²) >= 11 is 0. The summed E-state index contributed by atoms with van der Waals surface area (Å²) in [4.78, 5) is 24.8. The third-order valence-electron chi connectivity index (χ3n) is 3.41. The molecule has 1 aliphatic rings. The first-order valence-corrected chi connectivity index (χ1v) is 6.60. The van der Waals surface area contributed by atoms with Crippen LogP contribution in [0.1, 0.15) is 32.1 Å². The molecule has 1 saturated heterocycles. The van der Waals surface area contributed by atoms with Gasteiger partial charge in [0.25, 0.3) is 0 Å². The third kappa shape index (κ3) is 5.01. The number of hydrazine groups is 1. The molecule has 0 aromatic heterocycles. The fourth-order valence-corrected chi connectivity index (χ4v) is 2.37. The van der Waals surface area contributed by atoms with E-state index in [2.05, 4.69) is 15.6 Å². The van der Waals surface area contributed by atoms with Crippen LogP contribution >= 0.6 is 0 Å². The molecule has 0 radical (unpaired) electrons. The van der Waals surface area contributed by atoms with Gasteiger partial charge in [-0.1, -0.05) is 0 Å². The number of carbonyl (C=O) groups excluding carboxylic acids is 2. The number of nitrogens with zero attached hydrogens (tertiary/aromatic N) is 1. The smallest absolute Gasteiger partial charge is 0.233 e. The molecular formula is C12H24N4O2. The van der Waals surface area contributed by atoms with Gasteiger partial charge in [-0.3, -0.25) is 15.0 Å². The Kier molecular flexibility index (Phi) is 6.67. The third-order valence-corrected chi connectivity index (χ3v) is 3.41. The Morgan fingerprint density at radius 2 is 2.17 bits per heavy atom. The minimum atomic E-state index is -0.114. The first-order chi connectivity index (χ1) is 8.67. The average molecular weight is 256 g/mol. The molecule has 1 fully saturated rings. The van der Waals surface area contributed by atoms with Gasteiger partial charge in [0.1, 0.15) is 0 Å². The Bertz CT molecular complexity index is 283. The Morgan fingerprint density at radius 3 is 2.83 bits per heavy atom. The van der Waals surface area contributed by atoms with E-state index < -0.39 is 0 Å². The zero-order valence-electron chi connectivity index (χ0n) is 11.1. The van der Waals surface area contributed by atoms with E-state index in [1.165, 1.54) is 0 Å². The number of hydrogen-bond acceptors (Lipinski definition) is 4. The topological polar surface area (TPSA) is 87.5 Å². The van der Waals surface area contributed by atoms with Crippen molar-refractivity contribution < 1.29 is 9.59 Å². The van der Waals surface area contributed by atoms with Gasteiger partial charge in [0, 0.05) is 20.0 Å². The molecule has 1 atom stereocenters. The molecule has 18 heavy (non-hydrogen) atoms. The van der Waals surface area contributed by atoms with Gasteiger partial charge in [0.05, 0.1) is 5.92 Å². The highest BCUT2D eigenvalue weighted by molar-refractivity contribution is 5.78. The van der Waals surface area contributed by atoms with Gasteiger partial charge in [-0.15, -0.1) is 0 Å². The normalized spacial score (nSPS) is 20.4. The van der Waals surface area contributed by atoms with Gasteiger partial charge in [0.2, 0.25) is 11.8 Å². The fraction of sp³-hybridized carbons (Fsp3) is 0.833. The molecule has 2 amide bonds. The zero-order valence-corrected chi connectivity index (χ0v) is 11.1. The van der Waals surface area contributed by atoms with Crippen LogP contribution in [-0.2, 0) is 9.59 Å². The van der Waals surface area contributed by atoms with Crippen LogP contribution in [0.15, 0.2) is 0 Å². The molecule has 0 bridgehead atoms. The number of piperidine rings is 1. The van der Waals surface area contributed by atoms with Gasteiger partial charge in [-0.2, -0.15) is 0 Å². The maximum atomic E-state index is 11.6. The van der Waals surface area contributed by atoms with E-state index in [1.807, 2.05) is 0 Å². The second-order valence-corrected chi connectivity index (χ2v) is 4.78. The molecule has 0 aromatic carbocycles. The number of nitrogens with one attached hydrogen (secondary N) is 2. The van der Waals surface area contributed by atoms with E-state index in [9.17, 15) is 9.59 Å². The summed E-state index contributed by atoms with van der Waals surface area (Å²) < 4.78 is 0. The summed E-state index contributed by atoms with van der Waals surface area (Å²) in [6.07, 6.45) is 4.33. The van der Waals surface area contributed by atoms with Crippen LogP contribution in [0.25, 0.3) is 0 Å². The molecule has 1 rings (SSSR count). The predicted molar refractivity (Wildman–Crippen MR) is 69.4 cm³/mol. The Morgan fingerprint density at radius 1 is 1.39 bits per heavy atom. The summed E-state index contributed by atoms with van der Waals surface area (Å²) in [5, 5.41) is 2.71. The minimum absolute atomic E-state index is 0.114. The van der Waals surface area contributed by atoms with Crippen LogP contribution in [0.5, 0.6) is 0 Å². The highest BCUT2D eigenvalue weighted by atomic mass is 16.2. The van der Waals surface area contributed by atoms with E-state index in [4.69, 9.17) is 5.84 Å². The van der Waals surface area contributed by atoms with Gasteiger partial charge in [0.15, 0.2) is 0 Å². The first-order valence-electron chi connectivity index (χ1n) is 6.60. The summed E-state index contributed by atoms with van der Waals surface area (Å²) in [6, 6.07) is 0. The number of amides is 2. The maximum absolute atomic E-state index is 11.6.